The first-order valence-electron chi connectivity index (χ1n) is 12.9. The number of hydrogen-bond donors (Lipinski definition) is 1. The molecule has 0 aliphatic rings. The number of benzene rings is 3. The third-order valence-electron chi connectivity index (χ3n) is 6.50. The van der Waals surface area contributed by atoms with Crippen molar-refractivity contribution in [2.24, 2.45) is 5.92 Å². The summed E-state index contributed by atoms with van der Waals surface area (Å²) in [6.07, 6.45) is 0. The maximum absolute atomic E-state index is 14.0. The van der Waals surface area contributed by atoms with E-state index in [1.54, 1.807) is 44.2 Å². The lowest BCUT2D eigenvalue weighted by atomic mass is 10.1. The Bertz CT molecular complexity index is 1410. The Balaban J connectivity index is 2.05. The van der Waals surface area contributed by atoms with Gasteiger partial charge in [-0.25, -0.2) is 8.42 Å². The molecule has 0 aliphatic heterocycles. The number of amides is 2. The lowest BCUT2D eigenvalue weighted by Gasteiger charge is -2.33. The fourth-order valence-electron chi connectivity index (χ4n) is 4.09. The van der Waals surface area contributed by atoms with Gasteiger partial charge in [0.25, 0.3) is 10.0 Å². The maximum atomic E-state index is 14.0. The van der Waals surface area contributed by atoms with Gasteiger partial charge in [-0.15, -0.1) is 0 Å². The highest BCUT2D eigenvalue weighted by Crippen LogP contribution is 2.30. The first kappa shape index (κ1) is 30.2. The van der Waals surface area contributed by atoms with Crippen LogP contribution in [0.25, 0.3) is 0 Å². The molecule has 2 amide bonds. The van der Waals surface area contributed by atoms with Gasteiger partial charge in [-0.1, -0.05) is 74.0 Å². The molecule has 0 saturated carbocycles. The van der Waals surface area contributed by atoms with Crippen molar-refractivity contribution in [3.05, 3.63) is 94.5 Å². The molecule has 1 atom stereocenters. The lowest BCUT2D eigenvalue weighted by Crippen LogP contribution is -2.51. The fourth-order valence-corrected chi connectivity index (χ4v) is 5.75. The number of rotatable bonds is 11. The van der Waals surface area contributed by atoms with E-state index in [1.807, 2.05) is 45.0 Å². The van der Waals surface area contributed by atoms with Crippen LogP contribution < -0.4 is 9.62 Å². The number of hydrogen-bond acceptors (Lipinski definition) is 4. The summed E-state index contributed by atoms with van der Waals surface area (Å²) in [5.41, 5.74) is 2.77. The Hall–Kier alpha value is -3.36. The van der Waals surface area contributed by atoms with E-state index in [0.29, 0.717) is 22.8 Å². The fraction of sp³-hybridized carbons (Fsp3) is 0.333. The highest BCUT2D eigenvalue weighted by Gasteiger charge is 2.33. The topological polar surface area (TPSA) is 86.8 Å². The maximum Gasteiger partial charge on any atom is 0.264 e. The van der Waals surface area contributed by atoms with E-state index in [9.17, 15) is 18.0 Å². The average molecular weight is 570 g/mol. The summed E-state index contributed by atoms with van der Waals surface area (Å²) in [6, 6.07) is 19.6. The average Bonchev–Trinajstić information content (AvgIpc) is 2.91. The summed E-state index contributed by atoms with van der Waals surface area (Å²) < 4.78 is 28.8. The molecule has 9 heteroatoms. The van der Waals surface area contributed by atoms with Gasteiger partial charge in [-0.2, -0.15) is 0 Å². The van der Waals surface area contributed by atoms with E-state index in [4.69, 9.17) is 11.6 Å². The molecular formula is C30H36ClN3O4S. The molecule has 0 heterocycles. The molecular weight excluding hydrogens is 534 g/mol. The van der Waals surface area contributed by atoms with Crippen LogP contribution in [0.1, 0.15) is 37.5 Å². The molecule has 0 unspecified atom stereocenters. The predicted octanol–water partition coefficient (Wildman–Crippen LogP) is 5.34. The highest BCUT2D eigenvalue weighted by atomic mass is 35.5. The second-order valence-electron chi connectivity index (χ2n) is 10.0. The van der Waals surface area contributed by atoms with Gasteiger partial charge in [-0.05, 0) is 67.6 Å². The van der Waals surface area contributed by atoms with E-state index in [0.717, 1.165) is 15.4 Å². The van der Waals surface area contributed by atoms with Crippen LogP contribution in [-0.4, -0.2) is 44.3 Å². The number of nitrogens with one attached hydrogen (secondary N) is 1. The van der Waals surface area contributed by atoms with Gasteiger partial charge in [0, 0.05) is 18.1 Å². The minimum absolute atomic E-state index is 0.0466. The van der Waals surface area contributed by atoms with Gasteiger partial charge in [-0.3, -0.25) is 13.9 Å². The summed E-state index contributed by atoms with van der Waals surface area (Å²) in [6.45, 7) is 9.43. The minimum atomic E-state index is -4.14. The van der Waals surface area contributed by atoms with Gasteiger partial charge < -0.3 is 10.2 Å². The smallest absolute Gasteiger partial charge is 0.264 e. The monoisotopic (exact) mass is 569 g/mol. The van der Waals surface area contributed by atoms with E-state index in [-0.39, 0.29) is 23.3 Å². The number of aryl methyl sites for hydroxylation is 2. The van der Waals surface area contributed by atoms with Crippen molar-refractivity contribution < 1.29 is 18.0 Å². The second-order valence-corrected chi connectivity index (χ2v) is 12.3. The quantitative estimate of drug-likeness (QED) is 0.338. The molecule has 208 valence electrons. The van der Waals surface area contributed by atoms with Crippen LogP contribution in [0, 0.1) is 19.8 Å². The van der Waals surface area contributed by atoms with Crippen LogP contribution in [0.3, 0.4) is 0 Å². The zero-order chi connectivity index (χ0) is 28.7. The van der Waals surface area contributed by atoms with Gasteiger partial charge in [0.15, 0.2) is 0 Å². The predicted molar refractivity (Wildman–Crippen MR) is 156 cm³/mol. The Kier molecular flexibility index (Phi) is 10.2. The summed E-state index contributed by atoms with van der Waals surface area (Å²) in [4.78, 5) is 28.6. The Morgan fingerprint density at radius 2 is 1.54 bits per heavy atom. The molecule has 0 bridgehead atoms. The molecule has 0 saturated heterocycles. The van der Waals surface area contributed by atoms with Crippen molar-refractivity contribution in [3.8, 4) is 0 Å². The molecule has 0 aromatic heterocycles. The molecule has 3 aromatic carbocycles. The third kappa shape index (κ3) is 7.61. The molecule has 1 N–H and O–H groups in total. The number of anilines is 1. The normalized spacial score (nSPS) is 12.2. The van der Waals surface area contributed by atoms with E-state index >= 15 is 0 Å². The second kappa shape index (κ2) is 13.1. The van der Waals surface area contributed by atoms with Gasteiger partial charge in [0.05, 0.1) is 10.6 Å². The first-order valence-corrected chi connectivity index (χ1v) is 14.7. The van der Waals surface area contributed by atoms with E-state index in [1.165, 1.54) is 23.1 Å². The van der Waals surface area contributed by atoms with Gasteiger partial charge >= 0.3 is 0 Å². The lowest BCUT2D eigenvalue weighted by molar-refractivity contribution is -0.139. The van der Waals surface area contributed by atoms with Crippen molar-refractivity contribution >= 4 is 39.1 Å². The number of carbonyl (C=O) groups is 2. The largest absolute Gasteiger partial charge is 0.354 e. The van der Waals surface area contributed by atoms with Crippen LogP contribution in [0.4, 0.5) is 5.69 Å². The molecule has 7 nitrogen and oxygen atoms in total. The highest BCUT2D eigenvalue weighted by molar-refractivity contribution is 7.92. The summed E-state index contributed by atoms with van der Waals surface area (Å²) in [5.74, 6) is -0.578. The molecule has 0 spiro atoms. The zero-order valence-corrected chi connectivity index (χ0v) is 24.6. The minimum Gasteiger partial charge on any atom is -0.354 e. The number of nitrogens with zero attached hydrogens (tertiary/aromatic N) is 2. The summed E-state index contributed by atoms with van der Waals surface area (Å²) >= 11 is 6.26. The molecule has 3 aromatic rings. The summed E-state index contributed by atoms with van der Waals surface area (Å²) in [5, 5.41) is 3.24. The molecule has 39 heavy (non-hydrogen) atoms. The standard InChI is InChI=1S/C30H36ClN3O4S/c1-21(2)18-32-30(36)24(5)33(19-25-12-10-9-11-22(25)3)29(35)20-34(28-17-26(31)16-15-23(28)4)39(37,38)27-13-7-6-8-14-27/h6-17,21,24H,18-20H2,1-5H3,(H,32,36)/t24-/m1/s1. The summed E-state index contributed by atoms with van der Waals surface area (Å²) in [7, 11) is -4.14. The van der Waals surface area contributed by atoms with Gasteiger partial charge in [0.2, 0.25) is 11.8 Å². The number of carbonyl (C=O) groups excluding carboxylic acids is 2. The SMILES string of the molecule is Cc1ccccc1CN(C(=O)CN(c1cc(Cl)ccc1C)S(=O)(=O)c1ccccc1)[C@H](C)C(=O)NCC(C)C. The zero-order valence-electron chi connectivity index (χ0n) is 23.0. The van der Waals surface area contributed by atoms with Crippen molar-refractivity contribution in [2.75, 3.05) is 17.4 Å². The van der Waals surface area contributed by atoms with Crippen molar-refractivity contribution in [2.45, 2.75) is 52.1 Å². The van der Waals surface area contributed by atoms with E-state index in [2.05, 4.69) is 5.32 Å². The molecule has 0 radical (unpaired) electrons. The van der Waals surface area contributed by atoms with Crippen LogP contribution in [0.15, 0.2) is 77.7 Å². The molecule has 0 fully saturated rings. The third-order valence-corrected chi connectivity index (χ3v) is 8.51. The number of sulfonamides is 1. The number of halogens is 1. The molecule has 3 rings (SSSR count). The van der Waals surface area contributed by atoms with Crippen LogP contribution in [0.5, 0.6) is 0 Å². The van der Waals surface area contributed by atoms with E-state index < -0.39 is 28.5 Å². The Morgan fingerprint density at radius 1 is 0.897 bits per heavy atom. The van der Waals surface area contributed by atoms with Crippen molar-refractivity contribution in [3.63, 3.8) is 0 Å². The Labute approximate surface area is 236 Å². The van der Waals surface area contributed by atoms with Crippen LogP contribution in [-0.2, 0) is 26.2 Å². The first-order chi connectivity index (χ1) is 18.4. The Morgan fingerprint density at radius 3 is 2.18 bits per heavy atom. The van der Waals surface area contributed by atoms with Crippen LogP contribution >= 0.6 is 11.6 Å². The van der Waals surface area contributed by atoms with Gasteiger partial charge in [0.1, 0.15) is 12.6 Å². The van der Waals surface area contributed by atoms with Crippen LogP contribution in [0.2, 0.25) is 5.02 Å². The molecule has 0 aliphatic carbocycles. The van der Waals surface area contributed by atoms with Crippen molar-refractivity contribution in [1.82, 2.24) is 10.2 Å². The van der Waals surface area contributed by atoms with Crippen molar-refractivity contribution in [1.29, 1.82) is 0 Å².